The second-order valence-corrected chi connectivity index (χ2v) is 3.74. The van der Waals surface area contributed by atoms with Gasteiger partial charge in [0.1, 0.15) is 0 Å². The van der Waals surface area contributed by atoms with Crippen LogP contribution in [-0.2, 0) is 0 Å². The monoisotopic (exact) mass is 197 g/mol. The minimum absolute atomic E-state index is 0. The average molecular weight is 198 g/mol. The number of rotatable bonds is 1. The molecule has 0 aromatic rings. The van der Waals surface area contributed by atoms with E-state index in [9.17, 15) is 8.78 Å². The molecule has 1 atom stereocenters. The van der Waals surface area contributed by atoms with E-state index in [2.05, 4.69) is 5.32 Å². The third-order valence-electron chi connectivity index (χ3n) is 2.86. The van der Waals surface area contributed by atoms with E-state index in [0.717, 1.165) is 12.8 Å². The zero-order valence-corrected chi connectivity index (χ0v) is 7.67. The van der Waals surface area contributed by atoms with Crippen molar-refractivity contribution in [2.24, 2.45) is 5.92 Å². The van der Waals surface area contributed by atoms with Crippen molar-refractivity contribution in [3.63, 3.8) is 0 Å². The molecule has 1 N–H and O–H groups in total. The molecule has 1 aliphatic carbocycles. The van der Waals surface area contributed by atoms with Crippen LogP contribution in [-0.4, -0.2) is 18.5 Å². The van der Waals surface area contributed by atoms with Gasteiger partial charge in [-0.3, -0.25) is 0 Å². The molecule has 2 aliphatic rings. The van der Waals surface area contributed by atoms with Gasteiger partial charge in [0.25, 0.3) is 5.92 Å². The summed E-state index contributed by atoms with van der Waals surface area (Å²) < 4.78 is 25.3. The third-order valence-corrected chi connectivity index (χ3v) is 2.86. The number of halogens is 3. The Balaban J connectivity index is 0.000000720. The van der Waals surface area contributed by atoms with E-state index in [1.807, 2.05) is 0 Å². The summed E-state index contributed by atoms with van der Waals surface area (Å²) in [6.45, 7) is -0.103. The van der Waals surface area contributed by atoms with Crippen LogP contribution >= 0.6 is 12.4 Å². The van der Waals surface area contributed by atoms with Gasteiger partial charge in [-0.1, -0.05) is 6.42 Å². The normalized spacial score (nSPS) is 34.0. The van der Waals surface area contributed by atoms with Gasteiger partial charge >= 0.3 is 0 Å². The van der Waals surface area contributed by atoms with Crippen molar-refractivity contribution in [2.75, 3.05) is 6.54 Å². The maximum atomic E-state index is 12.7. The molecule has 1 nitrogen and oxygen atoms in total. The molecule has 2 rings (SSSR count). The summed E-state index contributed by atoms with van der Waals surface area (Å²) in [7, 11) is 0. The highest BCUT2D eigenvalue weighted by molar-refractivity contribution is 5.85. The first-order chi connectivity index (χ1) is 5.17. The van der Waals surface area contributed by atoms with Crippen molar-refractivity contribution in [1.29, 1.82) is 0 Å². The molecule has 0 radical (unpaired) electrons. The van der Waals surface area contributed by atoms with Gasteiger partial charge in [-0.05, 0) is 18.8 Å². The Morgan fingerprint density at radius 1 is 1.25 bits per heavy atom. The zero-order chi connectivity index (χ0) is 7.90. The Bertz CT molecular complexity index is 159. The summed E-state index contributed by atoms with van der Waals surface area (Å²) in [5.41, 5.74) is 0. The van der Waals surface area contributed by atoms with E-state index in [-0.39, 0.29) is 31.4 Å². The van der Waals surface area contributed by atoms with Crippen molar-refractivity contribution >= 4 is 12.4 Å². The van der Waals surface area contributed by atoms with Gasteiger partial charge in [0.05, 0.1) is 6.54 Å². The van der Waals surface area contributed by atoms with Crippen molar-refractivity contribution in [2.45, 2.75) is 37.6 Å². The second kappa shape index (κ2) is 3.46. The molecule has 12 heavy (non-hydrogen) atoms. The highest BCUT2D eigenvalue weighted by Crippen LogP contribution is 2.37. The molecule has 0 spiro atoms. The summed E-state index contributed by atoms with van der Waals surface area (Å²) in [6, 6.07) is 0.110. The number of alkyl halides is 2. The van der Waals surface area contributed by atoms with Crippen LogP contribution in [0, 0.1) is 5.92 Å². The Labute approximate surface area is 77.3 Å². The van der Waals surface area contributed by atoms with E-state index in [1.165, 1.54) is 6.42 Å². The van der Waals surface area contributed by atoms with Crippen LogP contribution in [0.1, 0.15) is 25.7 Å². The smallest absolute Gasteiger partial charge is 0.261 e. The lowest BCUT2D eigenvalue weighted by molar-refractivity contribution is 0.0174. The van der Waals surface area contributed by atoms with Gasteiger partial charge in [-0.2, -0.15) is 0 Å². The minimum Gasteiger partial charge on any atom is -0.308 e. The van der Waals surface area contributed by atoms with Crippen LogP contribution in [0.2, 0.25) is 0 Å². The molecule has 0 aromatic carbocycles. The molecular formula is C8H14ClF2N. The van der Waals surface area contributed by atoms with E-state index in [0.29, 0.717) is 5.92 Å². The van der Waals surface area contributed by atoms with Crippen LogP contribution in [0.4, 0.5) is 8.78 Å². The molecule has 4 heteroatoms. The molecule has 72 valence electrons. The Hall–Kier alpha value is 0.110. The van der Waals surface area contributed by atoms with E-state index in [1.54, 1.807) is 0 Å². The molecule has 0 bridgehead atoms. The SMILES string of the molecule is Cl.FC1(F)CNC(C2CCC2)C1. The largest absolute Gasteiger partial charge is 0.308 e. The molecule has 1 saturated carbocycles. The molecule has 1 heterocycles. The minimum atomic E-state index is -2.43. The van der Waals surface area contributed by atoms with Crippen molar-refractivity contribution in [3.05, 3.63) is 0 Å². The average Bonchev–Trinajstić information content (AvgIpc) is 2.05. The van der Waals surface area contributed by atoms with Gasteiger partial charge in [0.15, 0.2) is 0 Å². The summed E-state index contributed by atoms with van der Waals surface area (Å²) >= 11 is 0. The van der Waals surface area contributed by atoms with Gasteiger partial charge in [-0.15, -0.1) is 12.4 Å². The molecular weight excluding hydrogens is 184 g/mol. The molecule has 1 saturated heterocycles. The number of hydrogen-bond donors (Lipinski definition) is 1. The number of hydrogen-bond acceptors (Lipinski definition) is 1. The van der Waals surface area contributed by atoms with E-state index in [4.69, 9.17) is 0 Å². The zero-order valence-electron chi connectivity index (χ0n) is 6.85. The first-order valence-corrected chi connectivity index (χ1v) is 4.29. The second-order valence-electron chi connectivity index (χ2n) is 3.74. The highest BCUT2D eigenvalue weighted by Gasteiger charge is 2.43. The maximum absolute atomic E-state index is 12.7. The summed E-state index contributed by atoms with van der Waals surface area (Å²) in [5.74, 6) is -1.89. The lowest BCUT2D eigenvalue weighted by Gasteiger charge is -2.30. The predicted octanol–water partition coefficient (Wildman–Crippen LogP) is 2.21. The van der Waals surface area contributed by atoms with Gasteiger partial charge in [0, 0.05) is 12.5 Å². The Morgan fingerprint density at radius 2 is 1.92 bits per heavy atom. The fourth-order valence-electron chi connectivity index (χ4n) is 1.92. The van der Waals surface area contributed by atoms with Gasteiger partial charge in [-0.25, -0.2) is 8.78 Å². The molecule has 0 amide bonds. The van der Waals surface area contributed by atoms with Crippen LogP contribution in [0.3, 0.4) is 0 Å². The fourth-order valence-corrected chi connectivity index (χ4v) is 1.92. The molecule has 0 aromatic heterocycles. The van der Waals surface area contributed by atoms with Crippen LogP contribution < -0.4 is 5.32 Å². The van der Waals surface area contributed by atoms with Crippen molar-refractivity contribution in [1.82, 2.24) is 5.32 Å². The lowest BCUT2D eigenvalue weighted by atomic mass is 9.79. The van der Waals surface area contributed by atoms with E-state index < -0.39 is 5.92 Å². The predicted molar refractivity (Wildman–Crippen MR) is 45.9 cm³/mol. The Kier molecular flexibility index (Phi) is 2.94. The fraction of sp³-hybridized carbons (Fsp3) is 1.00. The number of nitrogens with one attached hydrogen (secondary N) is 1. The lowest BCUT2D eigenvalue weighted by Crippen LogP contribution is -2.34. The third kappa shape index (κ3) is 1.88. The molecule has 1 aliphatic heterocycles. The Morgan fingerprint density at radius 3 is 2.25 bits per heavy atom. The first kappa shape index (κ1) is 10.2. The standard InChI is InChI=1S/C8H13F2N.ClH/c9-8(10)4-7(11-5-8)6-2-1-3-6;/h6-7,11H,1-5H2;1H. The van der Waals surface area contributed by atoms with Crippen LogP contribution in [0.5, 0.6) is 0 Å². The van der Waals surface area contributed by atoms with E-state index >= 15 is 0 Å². The highest BCUT2D eigenvalue weighted by atomic mass is 35.5. The van der Waals surface area contributed by atoms with Crippen LogP contribution in [0.15, 0.2) is 0 Å². The van der Waals surface area contributed by atoms with Gasteiger partial charge < -0.3 is 5.32 Å². The topological polar surface area (TPSA) is 12.0 Å². The van der Waals surface area contributed by atoms with Crippen molar-refractivity contribution in [3.8, 4) is 0 Å². The summed E-state index contributed by atoms with van der Waals surface area (Å²) in [5, 5.41) is 2.90. The first-order valence-electron chi connectivity index (χ1n) is 4.29. The van der Waals surface area contributed by atoms with Crippen molar-refractivity contribution < 1.29 is 8.78 Å². The quantitative estimate of drug-likeness (QED) is 0.680. The summed E-state index contributed by atoms with van der Waals surface area (Å²) in [4.78, 5) is 0. The maximum Gasteiger partial charge on any atom is 0.261 e. The summed E-state index contributed by atoms with van der Waals surface area (Å²) in [6.07, 6.45) is 3.59. The molecule has 1 unspecified atom stereocenters. The van der Waals surface area contributed by atoms with Gasteiger partial charge in [0.2, 0.25) is 0 Å². The molecule has 2 fully saturated rings. The van der Waals surface area contributed by atoms with Crippen LogP contribution in [0.25, 0.3) is 0 Å².